The second kappa shape index (κ2) is 9.79. The highest BCUT2D eigenvalue weighted by Crippen LogP contribution is 2.51. The molecule has 0 spiro atoms. The van der Waals surface area contributed by atoms with Gasteiger partial charge in [0.1, 0.15) is 23.4 Å². The van der Waals surface area contributed by atoms with Gasteiger partial charge in [-0.2, -0.15) is 0 Å². The van der Waals surface area contributed by atoms with Crippen molar-refractivity contribution >= 4 is 50.0 Å². The first kappa shape index (κ1) is 26.1. The van der Waals surface area contributed by atoms with E-state index in [4.69, 9.17) is 4.74 Å². The zero-order chi connectivity index (χ0) is 28.2. The van der Waals surface area contributed by atoms with Crippen LogP contribution in [-0.2, 0) is 22.0 Å². The number of benzene rings is 2. The number of carboxylic acid groups (broad SMARTS) is 1. The van der Waals surface area contributed by atoms with Crippen LogP contribution in [0.5, 0.6) is 0 Å². The van der Waals surface area contributed by atoms with Crippen LogP contribution in [0.2, 0.25) is 0 Å². The van der Waals surface area contributed by atoms with Crippen molar-refractivity contribution in [3.8, 4) is 21.0 Å². The van der Waals surface area contributed by atoms with Crippen LogP contribution in [0.3, 0.4) is 0 Å². The first-order valence-electron chi connectivity index (χ1n) is 12.4. The summed E-state index contributed by atoms with van der Waals surface area (Å²) in [6.07, 6.45) is -0.535. The Labute approximate surface area is 234 Å². The number of aliphatic carboxylic acids is 1. The number of carboxylic acids is 1. The molecular formula is C28H22F2N4O4S2. The highest BCUT2D eigenvalue weighted by Gasteiger charge is 2.53. The molecule has 0 radical (unpaired) electrons. The van der Waals surface area contributed by atoms with E-state index in [-0.39, 0.29) is 11.1 Å². The number of hydrogen-bond donors (Lipinski definition) is 2. The van der Waals surface area contributed by atoms with Crippen LogP contribution < -0.4 is 5.32 Å². The molecule has 40 heavy (non-hydrogen) atoms. The maximum Gasteiger partial charge on any atom is 0.413 e. The maximum absolute atomic E-state index is 15.1. The van der Waals surface area contributed by atoms with Crippen LogP contribution in [0, 0.1) is 11.6 Å². The quantitative estimate of drug-likeness (QED) is 0.212. The predicted molar refractivity (Wildman–Crippen MR) is 149 cm³/mol. The van der Waals surface area contributed by atoms with E-state index in [0.717, 1.165) is 32.0 Å². The number of amides is 1. The number of rotatable bonds is 7. The van der Waals surface area contributed by atoms with Crippen molar-refractivity contribution in [3.63, 3.8) is 0 Å². The van der Waals surface area contributed by atoms with Gasteiger partial charge in [-0.3, -0.25) is 10.1 Å². The van der Waals surface area contributed by atoms with Crippen molar-refractivity contribution in [1.29, 1.82) is 0 Å². The number of ether oxygens (including phenoxy) is 1. The summed E-state index contributed by atoms with van der Waals surface area (Å²) < 4.78 is 38.6. The maximum atomic E-state index is 15.1. The summed E-state index contributed by atoms with van der Waals surface area (Å²) in [5.41, 5.74) is -0.0550. The Kier molecular flexibility index (Phi) is 6.38. The topological polar surface area (TPSA) is 106 Å². The lowest BCUT2D eigenvalue weighted by molar-refractivity contribution is -0.140. The summed E-state index contributed by atoms with van der Waals surface area (Å²) in [6.45, 7) is 1.78. The molecule has 0 unspecified atom stereocenters. The number of nitrogens with one attached hydrogen (secondary N) is 1. The van der Waals surface area contributed by atoms with E-state index < -0.39 is 35.2 Å². The van der Waals surface area contributed by atoms with Crippen LogP contribution in [-0.4, -0.2) is 32.2 Å². The van der Waals surface area contributed by atoms with Crippen molar-refractivity contribution in [1.82, 2.24) is 15.0 Å². The summed E-state index contributed by atoms with van der Waals surface area (Å²) in [6, 6.07) is 15.1. The average Bonchev–Trinajstić information content (AvgIpc) is 3.34. The fourth-order valence-corrected chi connectivity index (χ4v) is 7.05. The number of nitrogens with zero attached hydrogens (tertiary/aromatic N) is 3. The van der Waals surface area contributed by atoms with Crippen LogP contribution in [0.1, 0.15) is 37.0 Å². The Morgan fingerprint density at radius 3 is 2.40 bits per heavy atom. The third-order valence-corrected chi connectivity index (χ3v) is 9.37. The van der Waals surface area contributed by atoms with Gasteiger partial charge in [0, 0.05) is 32.5 Å². The number of carbonyl (C=O) groups excluding carboxylic acids is 1. The number of halogens is 2. The third kappa shape index (κ3) is 4.52. The number of anilines is 1. The van der Waals surface area contributed by atoms with Crippen molar-refractivity contribution in [2.24, 2.45) is 7.05 Å². The van der Waals surface area contributed by atoms with Crippen LogP contribution in [0.25, 0.3) is 30.4 Å². The summed E-state index contributed by atoms with van der Waals surface area (Å²) in [5, 5.41) is 20.5. The summed E-state index contributed by atoms with van der Waals surface area (Å²) in [5.74, 6) is -2.17. The molecule has 3 aromatic heterocycles. The van der Waals surface area contributed by atoms with Gasteiger partial charge >= 0.3 is 12.1 Å². The van der Waals surface area contributed by atoms with Crippen LogP contribution in [0.4, 0.5) is 19.4 Å². The Hall–Kier alpha value is -4.16. The van der Waals surface area contributed by atoms with E-state index in [1.54, 1.807) is 20.0 Å². The minimum Gasteiger partial charge on any atom is -0.481 e. The first-order chi connectivity index (χ1) is 19.2. The van der Waals surface area contributed by atoms with Gasteiger partial charge in [-0.05, 0) is 49.6 Å². The molecule has 2 N–H and O–H groups in total. The lowest BCUT2D eigenvalue weighted by Gasteiger charge is -2.14. The van der Waals surface area contributed by atoms with Crippen LogP contribution in [0.15, 0.2) is 54.6 Å². The molecule has 0 aliphatic heterocycles. The highest BCUT2D eigenvalue weighted by molar-refractivity contribution is 7.31. The monoisotopic (exact) mass is 580 g/mol. The number of carbonyl (C=O) groups is 2. The Morgan fingerprint density at radius 2 is 1.73 bits per heavy atom. The largest absolute Gasteiger partial charge is 0.481 e. The number of aromatic nitrogens is 3. The van der Waals surface area contributed by atoms with E-state index in [0.29, 0.717) is 29.2 Å². The Balaban J connectivity index is 1.24. The SMILES string of the molecule is C[C@@H](OC(=O)Nc1c(-c2cc3sc(-c4cc(F)c(C5(C(=O)O)CC5)cc4F)cc3s2)nnn1C)c1ccccc1. The molecule has 0 saturated heterocycles. The molecule has 1 atom stereocenters. The minimum atomic E-state index is -1.33. The zero-order valence-corrected chi connectivity index (χ0v) is 22.9. The predicted octanol–water partition coefficient (Wildman–Crippen LogP) is 7.13. The lowest BCUT2D eigenvalue weighted by atomic mass is 9.94. The van der Waals surface area contributed by atoms with Crippen molar-refractivity contribution in [2.45, 2.75) is 31.3 Å². The number of aryl methyl sites for hydroxylation is 1. The molecule has 8 nitrogen and oxygen atoms in total. The highest BCUT2D eigenvalue weighted by atomic mass is 32.1. The number of thiophene rings is 2. The third-order valence-electron chi connectivity index (χ3n) is 7.04. The Morgan fingerprint density at radius 1 is 1.05 bits per heavy atom. The molecule has 1 fully saturated rings. The van der Waals surface area contributed by atoms with Gasteiger partial charge in [-0.15, -0.1) is 27.8 Å². The minimum absolute atomic E-state index is 0.0783. The summed E-state index contributed by atoms with van der Waals surface area (Å²) in [4.78, 5) is 25.5. The average molecular weight is 581 g/mol. The molecule has 1 saturated carbocycles. The second-order valence-corrected chi connectivity index (χ2v) is 11.8. The summed E-state index contributed by atoms with van der Waals surface area (Å²) >= 11 is 2.65. The fraction of sp³-hybridized carbons (Fsp3) is 0.214. The number of hydrogen-bond acceptors (Lipinski definition) is 7. The van der Waals surface area contributed by atoms with Gasteiger partial charge < -0.3 is 9.84 Å². The Bertz CT molecular complexity index is 1740. The summed E-state index contributed by atoms with van der Waals surface area (Å²) in [7, 11) is 1.65. The second-order valence-electron chi connectivity index (χ2n) is 9.64. The van der Waals surface area contributed by atoms with E-state index in [2.05, 4.69) is 15.6 Å². The molecule has 204 valence electrons. The molecule has 6 rings (SSSR count). The van der Waals surface area contributed by atoms with Crippen molar-refractivity contribution in [3.05, 3.63) is 77.4 Å². The standard InChI is InChI=1S/C28H22F2N4O4S2/c1-14(15-6-4-3-5-7-15)38-27(37)31-25-24(32-33-34(25)2)23-13-22-21(40-23)12-20(39-22)16-10-19(30)17(11-18(16)29)28(8-9-28)26(35)36/h3-7,10-14H,8-9H2,1-2H3,(H,31,37)(H,35,36)/t14-/m1/s1. The van der Waals surface area contributed by atoms with E-state index >= 15 is 4.39 Å². The van der Waals surface area contributed by atoms with Gasteiger partial charge in [0.05, 0.1) is 10.3 Å². The molecule has 1 amide bonds. The van der Waals surface area contributed by atoms with Crippen molar-refractivity contribution < 1.29 is 28.2 Å². The fourth-order valence-electron chi connectivity index (χ4n) is 4.65. The van der Waals surface area contributed by atoms with E-state index in [1.165, 1.54) is 27.4 Å². The van der Waals surface area contributed by atoms with E-state index in [9.17, 15) is 19.1 Å². The molecule has 2 aromatic carbocycles. The van der Waals surface area contributed by atoms with Crippen LogP contribution >= 0.6 is 22.7 Å². The molecular weight excluding hydrogens is 558 g/mol. The molecule has 1 aliphatic rings. The number of fused-ring (bicyclic) bond motifs is 1. The first-order valence-corrected chi connectivity index (χ1v) is 14.0. The molecule has 12 heteroatoms. The molecule has 3 heterocycles. The van der Waals surface area contributed by atoms with Gasteiger partial charge in [-0.1, -0.05) is 35.5 Å². The molecule has 1 aliphatic carbocycles. The van der Waals surface area contributed by atoms with Gasteiger partial charge in [0.2, 0.25) is 0 Å². The van der Waals surface area contributed by atoms with E-state index in [1.807, 2.05) is 36.4 Å². The van der Waals surface area contributed by atoms with Crippen molar-refractivity contribution in [2.75, 3.05) is 5.32 Å². The molecule has 5 aromatic rings. The zero-order valence-electron chi connectivity index (χ0n) is 21.3. The molecule has 0 bridgehead atoms. The lowest BCUT2D eigenvalue weighted by Crippen LogP contribution is -2.21. The van der Waals surface area contributed by atoms with Gasteiger partial charge in [-0.25, -0.2) is 18.3 Å². The smallest absolute Gasteiger partial charge is 0.413 e. The van der Waals surface area contributed by atoms with Gasteiger partial charge in [0.15, 0.2) is 5.82 Å². The normalized spacial score (nSPS) is 14.7. The van der Waals surface area contributed by atoms with Gasteiger partial charge in [0.25, 0.3) is 0 Å².